The van der Waals surface area contributed by atoms with E-state index < -0.39 is 11.7 Å². The average molecular weight is 240 g/mol. The van der Waals surface area contributed by atoms with Crippen LogP contribution in [0.5, 0.6) is 0 Å². The van der Waals surface area contributed by atoms with Gasteiger partial charge in [-0.3, -0.25) is 4.79 Å². The predicted molar refractivity (Wildman–Crippen MR) is 59.7 cm³/mol. The van der Waals surface area contributed by atoms with Crippen molar-refractivity contribution in [2.75, 3.05) is 0 Å². The lowest BCUT2D eigenvalue weighted by Crippen LogP contribution is -2.18. The summed E-state index contributed by atoms with van der Waals surface area (Å²) in [5.74, 6) is -1.70. The van der Waals surface area contributed by atoms with E-state index in [1.54, 1.807) is 13.8 Å². The van der Waals surface area contributed by atoms with Gasteiger partial charge < -0.3 is 0 Å². The summed E-state index contributed by atoms with van der Waals surface area (Å²) in [6, 6.07) is 5.68. The van der Waals surface area contributed by atoms with Crippen LogP contribution in [0.2, 0.25) is 5.02 Å². The fourth-order valence-corrected chi connectivity index (χ4v) is 1.52. The Morgan fingerprint density at radius 3 is 2.56 bits per heavy atom. The van der Waals surface area contributed by atoms with E-state index in [0.717, 1.165) is 6.07 Å². The summed E-state index contributed by atoms with van der Waals surface area (Å²) in [4.78, 5) is 11.9. The molecule has 4 heteroatoms. The molecule has 0 amide bonds. The monoisotopic (exact) mass is 239 g/mol. The first-order chi connectivity index (χ1) is 7.47. The summed E-state index contributed by atoms with van der Waals surface area (Å²) in [7, 11) is 0. The second kappa shape index (κ2) is 5.09. The van der Waals surface area contributed by atoms with Gasteiger partial charge in [0.25, 0.3) is 0 Å². The highest BCUT2D eigenvalue weighted by Gasteiger charge is 2.23. The second-order valence-corrected chi connectivity index (χ2v) is 4.25. The number of ketones is 1. The van der Waals surface area contributed by atoms with Crippen LogP contribution in [0.1, 0.15) is 24.2 Å². The normalized spacial score (nSPS) is 12.2. The molecule has 2 nitrogen and oxygen atoms in total. The Balaban J connectivity index is 3.06. The highest BCUT2D eigenvalue weighted by Crippen LogP contribution is 2.21. The zero-order chi connectivity index (χ0) is 12.3. The molecule has 0 N–H and O–H groups in total. The summed E-state index contributed by atoms with van der Waals surface area (Å²) in [6.07, 6.45) is 0. The van der Waals surface area contributed by atoms with Gasteiger partial charge >= 0.3 is 0 Å². The van der Waals surface area contributed by atoms with Crippen molar-refractivity contribution in [1.29, 1.82) is 5.26 Å². The van der Waals surface area contributed by atoms with Gasteiger partial charge in [-0.15, -0.1) is 0 Å². The molecule has 1 unspecified atom stereocenters. The van der Waals surface area contributed by atoms with Crippen LogP contribution < -0.4 is 0 Å². The molecule has 0 heterocycles. The molecule has 0 aromatic heterocycles. The number of nitrogens with zero attached hydrogens (tertiary/aromatic N) is 1. The third-order valence-corrected chi connectivity index (χ3v) is 2.58. The maximum absolute atomic E-state index is 12.9. The molecule has 0 aliphatic carbocycles. The van der Waals surface area contributed by atoms with Gasteiger partial charge in [0.1, 0.15) is 11.7 Å². The first-order valence-corrected chi connectivity index (χ1v) is 5.24. The van der Waals surface area contributed by atoms with Gasteiger partial charge in [0.15, 0.2) is 5.78 Å². The summed E-state index contributed by atoms with van der Waals surface area (Å²) in [5.41, 5.74) is 0.270. The highest BCUT2D eigenvalue weighted by atomic mass is 35.5. The minimum Gasteiger partial charge on any atom is -0.293 e. The van der Waals surface area contributed by atoms with E-state index in [1.165, 1.54) is 12.1 Å². The predicted octanol–water partition coefficient (Wildman–Crippen LogP) is 3.46. The minimum absolute atomic E-state index is 0.0821. The maximum atomic E-state index is 12.9. The first kappa shape index (κ1) is 12.7. The highest BCUT2D eigenvalue weighted by molar-refractivity contribution is 6.31. The number of halogens is 2. The van der Waals surface area contributed by atoms with Crippen molar-refractivity contribution in [1.82, 2.24) is 0 Å². The summed E-state index contributed by atoms with van der Waals surface area (Å²) in [6.45, 7) is 3.58. The molecule has 0 radical (unpaired) electrons. The molecule has 0 saturated carbocycles. The van der Waals surface area contributed by atoms with Crippen molar-refractivity contribution in [3.63, 3.8) is 0 Å². The molecular formula is C12H11ClFNO. The van der Waals surface area contributed by atoms with E-state index in [2.05, 4.69) is 0 Å². The molecule has 1 aromatic carbocycles. The molecule has 16 heavy (non-hydrogen) atoms. The van der Waals surface area contributed by atoms with Gasteiger partial charge in [-0.25, -0.2) is 4.39 Å². The molecule has 0 bridgehead atoms. The topological polar surface area (TPSA) is 40.9 Å². The van der Waals surface area contributed by atoms with E-state index in [9.17, 15) is 9.18 Å². The van der Waals surface area contributed by atoms with Crippen LogP contribution in [0.4, 0.5) is 4.39 Å². The zero-order valence-corrected chi connectivity index (χ0v) is 9.75. The van der Waals surface area contributed by atoms with Crippen molar-refractivity contribution in [2.45, 2.75) is 13.8 Å². The fourth-order valence-electron chi connectivity index (χ4n) is 1.34. The summed E-state index contributed by atoms with van der Waals surface area (Å²) < 4.78 is 12.9. The van der Waals surface area contributed by atoms with E-state index in [4.69, 9.17) is 16.9 Å². The van der Waals surface area contributed by atoms with Gasteiger partial charge in [0, 0.05) is 5.56 Å². The molecular weight excluding hydrogens is 229 g/mol. The van der Waals surface area contributed by atoms with Gasteiger partial charge in [0.2, 0.25) is 0 Å². The lowest BCUT2D eigenvalue weighted by molar-refractivity contribution is 0.0924. The van der Waals surface area contributed by atoms with Crippen molar-refractivity contribution >= 4 is 17.4 Å². The van der Waals surface area contributed by atoms with Crippen LogP contribution >= 0.6 is 11.6 Å². The Labute approximate surface area is 98.6 Å². The molecule has 0 saturated heterocycles. The SMILES string of the molecule is CC(C)C(C#N)C(=O)c1ccc(F)c(Cl)c1. The van der Waals surface area contributed by atoms with Crippen molar-refractivity contribution in [3.05, 3.63) is 34.6 Å². The summed E-state index contributed by atoms with van der Waals surface area (Å²) in [5, 5.41) is 8.77. The minimum atomic E-state index is -0.721. The van der Waals surface area contributed by atoms with Crippen LogP contribution in [0.25, 0.3) is 0 Å². The van der Waals surface area contributed by atoms with Gasteiger partial charge in [0.05, 0.1) is 11.1 Å². The average Bonchev–Trinajstić information content (AvgIpc) is 2.22. The van der Waals surface area contributed by atoms with E-state index in [-0.39, 0.29) is 22.3 Å². The van der Waals surface area contributed by atoms with Crippen LogP contribution in [-0.2, 0) is 0 Å². The number of benzene rings is 1. The Bertz CT molecular complexity index is 451. The van der Waals surface area contributed by atoms with Crippen LogP contribution in [0.15, 0.2) is 18.2 Å². The van der Waals surface area contributed by atoms with Gasteiger partial charge in [-0.1, -0.05) is 25.4 Å². The lowest BCUT2D eigenvalue weighted by Gasteiger charge is -2.11. The Morgan fingerprint density at radius 1 is 1.50 bits per heavy atom. The van der Waals surface area contributed by atoms with Gasteiger partial charge in [-0.2, -0.15) is 5.26 Å². The number of hydrogen-bond acceptors (Lipinski definition) is 2. The quantitative estimate of drug-likeness (QED) is 0.758. The molecule has 0 spiro atoms. The third-order valence-electron chi connectivity index (χ3n) is 2.29. The second-order valence-electron chi connectivity index (χ2n) is 3.84. The standard InChI is InChI=1S/C12H11ClFNO/c1-7(2)9(6-15)12(16)8-3-4-11(14)10(13)5-8/h3-5,7,9H,1-2H3. The molecule has 0 aliphatic rings. The number of hydrogen-bond donors (Lipinski definition) is 0. The van der Waals surface area contributed by atoms with Crippen LogP contribution in [-0.4, -0.2) is 5.78 Å². The number of carbonyl (C=O) groups excluding carboxylic acids is 1. The number of nitriles is 1. The summed E-state index contributed by atoms with van der Waals surface area (Å²) >= 11 is 5.58. The molecule has 84 valence electrons. The number of carbonyl (C=O) groups is 1. The molecule has 1 rings (SSSR count). The molecule has 0 aliphatic heterocycles. The van der Waals surface area contributed by atoms with Gasteiger partial charge in [-0.05, 0) is 24.1 Å². The molecule has 1 aromatic rings. The van der Waals surface area contributed by atoms with E-state index in [1.807, 2.05) is 6.07 Å². The third kappa shape index (κ3) is 2.59. The van der Waals surface area contributed by atoms with Crippen molar-refractivity contribution < 1.29 is 9.18 Å². The van der Waals surface area contributed by atoms with Crippen molar-refractivity contribution in [3.8, 4) is 6.07 Å². The fraction of sp³-hybridized carbons (Fsp3) is 0.333. The van der Waals surface area contributed by atoms with E-state index >= 15 is 0 Å². The van der Waals surface area contributed by atoms with Crippen molar-refractivity contribution in [2.24, 2.45) is 11.8 Å². The molecule has 1 atom stereocenters. The Kier molecular flexibility index (Phi) is 4.03. The number of rotatable bonds is 3. The first-order valence-electron chi connectivity index (χ1n) is 4.86. The lowest BCUT2D eigenvalue weighted by atomic mass is 9.89. The smallest absolute Gasteiger partial charge is 0.180 e. The largest absolute Gasteiger partial charge is 0.293 e. The zero-order valence-electron chi connectivity index (χ0n) is 9.00. The maximum Gasteiger partial charge on any atom is 0.180 e. The van der Waals surface area contributed by atoms with Crippen LogP contribution in [0, 0.1) is 29.0 Å². The Morgan fingerprint density at radius 2 is 2.12 bits per heavy atom. The number of Topliss-reactive ketones (excluding diaryl/α,β-unsaturated/α-hetero) is 1. The van der Waals surface area contributed by atoms with E-state index in [0.29, 0.717) is 0 Å². The molecule has 0 fully saturated rings. The Hall–Kier alpha value is -1.40. The van der Waals surface area contributed by atoms with Crippen LogP contribution in [0.3, 0.4) is 0 Å².